The van der Waals surface area contributed by atoms with E-state index in [1.54, 1.807) is 6.92 Å². The van der Waals surface area contributed by atoms with Crippen molar-refractivity contribution in [2.45, 2.75) is 33.5 Å². The Hall–Kier alpha value is -2.14. The lowest BCUT2D eigenvalue weighted by Crippen LogP contribution is -2.28. The summed E-state index contributed by atoms with van der Waals surface area (Å²) in [5.74, 6) is -0.173. The van der Waals surface area contributed by atoms with Crippen LogP contribution >= 0.6 is 0 Å². The number of hydrogen-bond acceptors (Lipinski definition) is 3. The molecule has 20 heavy (non-hydrogen) atoms. The topological polar surface area (TPSA) is 67.0 Å². The van der Waals surface area contributed by atoms with Crippen LogP contribution in [0.25, 0.3) is 0 Å². The van der Waals surface area contributed by atoms with Crippen molar-refractivity contribution in [1.29, 1.82) is 0 Å². The summed E-state index contributed by atoms with van der Waals surface area (Å²) in [6, 6.07) is 9.78. The molecule has 0 fully saturated rings. The van der Waals surface area contributed by atoms with Crippen molar-refractivity contribution in [3.63, 3.8) is 0 Å². The largest absolute Gasteiger partial charge is 0.364 e. The minimum Gasteiger partial charge on any atom is -0.364 e. The average molecular weight is 273 g/mol. The zero-order valence-electron chi connectivity index (χ0n) is 11.9. The van der Waals surface area contributed by atoms with E-state index in [4.69, 9.17) is 4.74 Å². The van der Waals surface area contributed by atoms with Crippen LogP contribution in [0.5, 0.6) is 0 Å². The molecule has 0 saturated heterocycles. The molecule has 2 aromatic rings. The van der Waals surface area contributed by atoms with E-state index < -0.39 is 6.10 Å². The van der Waals surface area contributed by atoms with Crippen LogP contribution in [-0.4, -0.2) is 22.2 Å². The second kappa shape index (κ2) is 6.34. The van der Waals surface area contributed by atoms with Crippen LogP contribution in [-0.2, 0) is 16.1 Å². The zero-order valence-corrected chi connectivity index (χ0v) is 11.9. The fraction of sp³-hybridized carbons (Fsp3) is 0.333. The molecular formula is C15H19N3O2. The highest BCUT2D eigenvalue weighted by molar-refractivity contribution is 5.94. The van der Waals surface area contributed by atoms with Gasteiger partial charge in [-0.05, 0) is 26.3 Å². The van der Waals surface area contributed by atoms with E-state index in [1.807, 2.05) is 44.2 Å². The molecule has 2 N–H and O–H groups in total. The van der Waals surface area contributed by atoms with Gasteiger partial charge in [-0.2, -0.15) is 5.10 Å². The van der Waals surface area contributed by atoms with Gasteiger partial charge in [-0.15, -0.1) is 0 Å². The minimum atomic E-state index is -0.524. The molecule has 106 valence electrons. The molecule has 1 atom stereocenters. The second-order valence-corrected chi connectivity index (χ2v) is 4.74. The van der Waals surface area contributed by atoms with E-state index in [-0.39, 0.29) is 5.91 Å². The van der Waals surface area contributed by atoms with Gasteiger partial charge in [0.1, 0.15) is 6.10 Å². The lowest BCUT2D eigenvalue weighted by atomic mass is 10.2. The van der Waals surface area contributed by atoms with Crippen LogP contribution in [0.3, 0.4) is 0 Å². The molecule has 5 heteroatoms. The highest BCUT2D eigenvalue weighted by Crippen LogP contribution is 2.16. The van der Waals surface area contributed by atoms with Crippen LogP contribution in [0.1, 0.15) is 23.9 Å². The molecule has 0 aliphatic heterocycles. The molecule has 0 spiro atoms. The predicted octanol–water partition coefficient (Wildman–Crippen LogP) is 2.57. The number of benzene rings is 1. The molecular weight excluding hydrogens is 254 g/mol. The number of anilines is 1. The van der Waals surface area contributed by atoms with Crippen LogP contribution < -0.4 is 5.32 Å². The number of rotatable bonds is 5. The number of aromatic amines is 1. The van der Waals surface area contributed by atoms with Gasteiger partial charge in [-0.3, -0.25) is 9.89 Å². The first-order chi connectivity index (χ1) is 9.58. The third-order valence-electron chi connectivity index (χ3n) is 3.09. The lowest BCUT2D eigenvalue weighted by Gasteiger charge is -2.13. The van der Waals surface area contributed by atoms with Crippen molar-refractivity contribution < 1.29 is 9.53 Å². The number of carbonyl (C=O) groups is 1. The Kier molecular flexibility index (Phi) is 4.53. The first kappa shape index (κ1) is 14.3. The Labute approximate surface area is 118 Å². The number of nitrogens with zero attached hydrogens (tertiary/aromatic N) is 1. The highest BCUT2D eigenvalue weighted by Gasteiger charge is 2.16. The van der Waals surface area contributed by atoms with Gasteiger partial charge >= 0.3 is 0 Å². The first-order valence-electron chi connectivity index (χ1n) is 6.56. The maximum atomic E-state index is 12.1. The standard InChI is InChI=1S/C15H19N3O2/c1-10-14(11(2)18-17-10)16-15(19)12(3)20-9-13-7-5-4-6-8-13/h4-8,12H,9H2,1-3H3,(H,16,19)(H,17,18). The molecule has 0 radical (unpaired) electrons. The van der Waals surface area contributed by atoms with Crippen molar-refractivity contribution in [2.24, 2.45) is 0 Å². The predicted molar refractivity (Wildman–Crippen MR) is 77.4 cm³/mol. The number of aryl methyl sites for hydroxylation is 2. The highest BCUT2D eigenvalue weighted by atomic mass is 16.5. The van der Waals surface area contributed by atoms with Gasteiger partial charge in [0, 0.05) is 0 Å². The second-order valence-electron chi connectivity index (χ2n) is 4.74. The Morgan fingerprint density at radius 2 is 2.05 bits per heavy atom. The van der Waals surface area contributed by atoms with Crippen LogP contribution in [0.4, 0.5) is 5.69 Å². The quantitative estimate of drug-likeness (QED) is 0.879. The smallest absolute Gasteiger partial charge is 0.253 e. The maximum Gasteiger partial charge on any atom is 0.253 e. The van der Waals surface area contributed by atoms with Crippen molar-refractivity contribution in [1.82, 2.24) is 10.2 Å². The molecule has 5 nitrogen and oxygen atoms in total. The Morgan fingerprint density at radius 3 is 2.65 bits per heavy atom. The van der Waals surface area contributed by atoms with E-state index in [1.165, 1.54) is 0 Å². The molecule has 1 aromatic carbocycles. The van der Waals surface area contributed by atoms with Crippen molar-refractivity contribution in [2.75, 3.05) is 5.32 Å². The number of nitrogens with one attached hydrogen (secondary N) is 2. The normalized spacial score (nSPS) is 12.2. The summed E-state index contributed by atoms with van der Waals surface area (Å²) < 4.78 is 5.58. The first-order valence-corrected chi connectivity index (χ1v) is 6.56. The minimum absolute atomic E-state index is 0.173. The maximum absolute atomic E-state index is 12.1. The van der Waals surface area contributed by atoms with E-state index >= 15 is 0 Å². The summed E-state index contributed by atoms with van der Waals surface area (Å²) >= 11 is 0. The number of ether oxygens (including phenoxy) is 1. The van der Waals surface area contributed by atoms with Gasteiger partial charge in [0.2, 0.25) is 0 Å². The fourth-order valence-electron chi connectivity index (χ4n) is 1.83. The Morgan fingerprint density at radius 1 is 1.35 bits per heavy atom. The monoisotopic (exact) mass is 273 g/mol. The van der Waals surface area contributed by atoms with Gasteiger partial charge in [-0.1, -0.05) is 30.3 Å². The molecule has 1 amide bonds. The molecule has 1 unspecified atom stereocenters. The molecule has 1 heterocycles. The number of hydrogen-bond donors (Lipinski definition) is 2. The third kappa shape index (κ3) is 3.45. The van der Waals surface area contributed by atoms with Crippen molar-refractivity contribution in [3.8, 4) is 0 Å². The van der Waals surface area contributed by atoms with Gasteiger partial charge in [0.05, 0.1) is 23.7 Å². The summed E-state index contributed by atoms with van der Waals surface area (Å²) in [5.41, 5.74) is 3.38. The lowest BCUT2D eigenvalue weighted by molar-refractivity contribution is -0.127. The summed E-state index contributed by atoms with van der Waals surface area (Å²) in [6.07, 6.45) is -0.524. The van der Waals surface area contributed by atoms with Crippen molar-refractivity contribution >= 4 is 11.6 Å². The number of aromatic nitrogens is 2. The number of carbonyl (C=O) groups excluding carboxylic acids is 1. The van der Waals surface area contributed by atoms with Gasteiger partial charge in [0.25, 0.3) is 5.91 Å². The molecule has 0 aliphatic carbocycles. The van der Waals surface area contributed by atoms with Crippen LogP contribution in [0.2, 0.25) is 0 Å². The summed E-state index contributed by atoms with van der Waals surface area (Å²) in [7, 11) is 0. The van der Waals surface area contributed by atoms with Crippen molar-refractivity contribution in [3.05, 3.63) is 47.3 Å². The van der Waals surface area contributed by atoms with E-state index in [9.17, 15) is 4.79 Å². The van der Waals surface area contributed by atoms with E-state index in [0.29, 0.717) is 6.61 Å². The van der Waals surface area contributed by atoms with Gasteiger partial charge in [-0.25, -0.2) is 0 Å². The number of H-pyrrole nitrogens is 1. The summed E-state index contributed by atoms with van der Waals surface area (Å²) in [6.45, 7) is 5.86. The molecule has 2 rings (SSSR count). The van der Waals surface area contributed by atoms with Crippen LogP contribution in [0.15, 0.2) is 30.3 Å². The Bertz CT molecular complexity index is 559. The van der Waals surface area contributed by atoms with Crippen LogP contribution in [0, 0.1) is 13.8 Å². The molecule has 0 saturated carbocycles. The van der Waals surface area contributed by atoms with E-state index in [2.05, 4.69) is 15.5 Å². The summed E-state index contributed by atoms with van der Waals surface area (Å²) in [4.78, 5) is 12.1. The average Bonchev–Trinajstić information content (AvgIpc) is 2.77. The third-order valence-corrected chi connectivity index (χ3v) is 3.09. The Balaban J connectivity index is 1.89. The summed E-state index contributed by atoms with van der Waals surface area (Å²) in [5, 5.41) is 9.71. The molecule has 0 bridgehead atoms. The molecule has 0 aliphatic rings. The SMILES string of the molecule is Cc1n[nH]c(C)c1NC(=O)C(C)OCc1ccccc1. The molecule has 1 aromatic heterocycles. The van der Waals surface area contributed by atoms with Gasteiger partial charge < -0.3 is 10.1 Å². The van der Waals surface area contributed by atoms with Gasteiger partial charge in [0.15, 0.2) is 0 Å². The zero-order chi connectivity index (χ0) is 14.5. The van der Waals surface area contributed by atoms with E-state index in [0.717, 1.165) is 22.6 Å². The number of amides is 1. The fourth-order valence-corrected chi connectivity index (χ4v) is 1.83.